The zero-order chi connectivity index (χ0) is 4.12. The van der Waals surface area contributed by atoms with Crippen molar-refractivity contribution >= 4 is 0 Å². The third-order valence-corrected chi connectivity index (χ3v) is 0.316. The Hall–Kier alpha value is -0.0800. The average molecular weight is 92.1 g/mol. The number of aliphatic hydroxyl groups excluding tert-OH is 2. The molecule has 2 nitrogen and oxygen atoms in total. The Kier molecular flexibility index (Phi) is 13.8. The van der Waals surface area contributed by atoms with Gasteiger partial charge in [-0.05, 0) is 6.42 Å². The van der Waals surface area contributed by atoms with Crippen molar-refractivity contribution in [2.75, 3.05) is 13.2 Å². The molecule has 2 heteroatoms. The molecule has 0 saturated carbocycles. The number of hydrogen-bond acceptors (Lipinski definition) is 2. The highest BCUT2D eigenvalue weighted by atomic mass is 16.3. The van der Waals surface area contributed by atoms with Gasteiger partial charge in [0.15, 0.2) is 0 Å². The predicted molar refractivity (Wildman–Crippen MR) is 25.5 cm³/mol. The summed E-state index contributed by atoms with van der Waals surface area (Å²) >= 11 is 0. The summed E-state index contributed by atoms with van der Waals surface area (Å²) < 4.78 is 0. The summed E-state index contributed by atoms with van der Waals surface area (Å²) in [5, 5.41) is 15.8. The molecule has 6 heavy (non-hydrogen) atoms. The summed E-state index contributed by atoms with van der Waals surface area (Å²) in [6, 6.07) is 0. The number of rotatable bonds is 2. The minimum Gasteiger partial charge on any atom is -0.396 e. The summed E-state index contributed by atoms with van der Waals surface area (Å²) in [6.45, 7) is 0.188. The molecule has 0 amide bonds. The van der Waals surface area contributed by atoms with E-state index in [4.69, 9.17) is 10.2 Å². The van der Waals surface area contributed by atoms with Gasteiger partial charge in [-0.1, -0.05) is 7.43 Å². The van der Waals surface area contributed by atoms with Crippen LogP contribution in [0.2, 0.25) is 0 Å². The zero-order valence-corrected chi connectivity index (χ0v) is 3.02. The third kappa shape index (κ3) is 9.07. The quantitative estimate of drug-likeness (QED) is 0.503. The van der Waals surface area contributed by atoms with Crippen LogP contribution < -0.4 is 0 Å². The van der Waals surface area contributed by atoms with Gasteiger partial charge in [0.05, 0.1) is 0 Å². The minimum atomic E-state index is 0. The van der Waals surface area contributed by atoms with Crippen LogP contribution in [0.15, 0.2) is 0 Å². The van der Waals surface area contributed by atoms with E-state index in [1.807, 2.05) is 0 Å². The highest BCUT2D eigenvalue weighted by Crippen LogP contribution is 1.65. The van der Waals surface area contributed by atoms with Gasteiger partial charge in [0.25, 0.3) is 0 Å². The molecule has 0 aromatic rings. The van der Waals surface area contributed by atoms with Crippen molar-refractivity contribution < 1.29 is 10.2 Å². The molecular formula is C4H12O2. The Balaban J connectivity index is 0. The molecule has 0 aliphatic rings. The van der Waals surface area contributed by atoms with E-state index in [0.717, 1.165) is 0 Å². The van der Waals surface area contributed by atoms with Crippen molar-refractivity contribution in [2.24, 2.45) is 0 Å². The lowest BCUT2D eigenvalue weighted by Crippen LogP contribution is -1.85. The topological polar surface area (TPSA) is 40.5 Å². The molecule has 0 atom stereocenters. The van der Waals surface area contributed by atoms with E-state index in [2.05, 4.69) is 0 Å². The highest BCUT2D eigenvalue weighted by molar-refractivity contribution is 4.22. The Labute approximate surface area is 38.4 Å². The number of hydrogen-bond donors (Lipinski definition) is 2. The SMILES string of the molecule is C.OCCCO. The van der Waals surface area contributed by atoms with Crippen LogP contribution in [0.25, 0.3) is 0 Å². The molecule has 0 aliphatic carbocycles. The van der Waals surface area contributed by atoms with E-state index >= 15 is 0 Å². The second kappa shape index (κ2) is 8.87. The van der Waals surface area contributed by atoms with Gasteiger partial charge in [-0.25, -0.2) is 0 Å². The summed E-state index contributed by atoms with van der Waals surface area (Å²) in [4.78, 5) is 0. The molecule has 0 aromatic carbocycles. The maximum atomic E-state index is 7.91. The van der Waals surface area contributed by atoms with E-state index in [1.54, 1.807) is 0 Å². The van der Waals surface area contributed by atoms with E-state index in [-0.39, 0.29) is 20.6 Å². The van der Waals surface area contributed by atoms with Gasteiger partial charge in [0, 0.05) is 13.2 Å². The van der Waals surface area contributed by atoms with E-state index in [0.29, 0.717) is 6.42 Å². The monoisotopic (exact) mass is 92.1 g/mol. The van der Waals surface area contributed by atoms with Crippen LogP contribution >= 0.6 is 0 Å². The fraction of sp³-hybridized carbons (Fsp3) is 1.00. The van der Waals surface area contributed by atoms with Crippen LogP contribution in [0, 0.1) is 0 Å². The molecule has 0 unspecified atom stereocenters. The fourth-order valence-corrected chi connectivity index (χ4v) is 0.0707. The lowest BCUT2D eigenvalue weighted by atomic mass is 10.5. The highest BCUT2D eigenvalue weighted by Gasteiger charge is 1.70. The van der Waals surface area contributed by atoms with Crippen molar-refractivity contribution in [1.29, 1.82) is 0 Å². The van der Waals surface area contributed by atoms with Gasteiger partial charge in [-0.2, -0.15) is 0 Å². The van der Waals surface area contributed by atoms with Crippen LogP contribution in [0.1, 0.15) is 13.8 Å². The van der Waals surface area contributed by atoms with Crippen LogP contribution in [-0.2, 0) is 0 Å². The molecule has 0 bridgehead atoms. The van der Waals surface area contributed by atoms with Gasteiger partial charge in [-0.3, -0.25) is 0 Å². The first-order valence-corrected chi connectivity index (χ1v) is 1.63. The van der Waals surface area contributed by atoms with Crippen LogP contribution in [0.4, 0.5) is 0 Å². The fourth-order valence-electron chi connectivity index (χ4n) is 0.0707. The van der Waals surface area contributed by atoms with Crippen molar-refractivity contribution in [2.45, 2.75) is 13.8 Å². The molecule has 0 aliphatic heterocycles. The maximum Gasteiger partial charge on any atom is 0.0452 e. The van der Waals surface area contributed by atoms with Gasteiger partial charge < -0.3 is 10.2 Å². The Morgan fingerprint density at radius 1 is 1.00 bits per heavy atom. The molecular weight excluding hydrogens is 80.0 g/mol. The molecule has 0 fully saturated rings. The van der Waals surface area contributed by atoms with Crippen molar-refractivity contribution in [1.82, 2.24) is 0 Å². The zero-order valence-electron chi connectivity index (χ0n) is 3.02. The molecule has 0 spiro atoms. The van der Waals surface area contributed by atoms with Crippen molar-refractivity contribution in [3.63, 3.8) is 0 Å². The first kappa shape index (κ1) is 9.33. The summed E-state index contributed by atoms with van der Waals surface area (Å²) in [6.07, 6.45) is 0.500. The van der Waals surface area contributed by atoms with E-state index in [1.165, 1.54) is 0 Å². The van der Waals surface area contributed by atoms with Gasteiger partial charge in [0.1, 0.15) is 0 Å². The lowest BCUT2D eigenvalue weighted by molar-refractivity contribution is 0.221. The van der Waals surface area contributed by atoms with Crippen LogP contribution in [-0.4, -0.2) is 23.4 Å². The first-order valence-electron chi connectivity index (χ1n) is 1.63. The normalized spacial score (nSPS) is 7.00. The summed E-state index contributed by atoms with van der Waals surface area (Å²) in [5.41, 5.74) is 0. The predicted octanol–water partition coefficient (Wildman–Crippen LogP) is -0.00280. The van der Waals surface area contributed by atoms with Crippen LogP contribution in [0.3, 0.4) is 0 Å². The van der Waals surface area contributed by atoms with Crippen molar-refractivity contribution in [3.8, 4) is 0 Å². The second-order valence-electron chi connectivity index (χ2n) is 0.801. The van der Waals surface area contributed by atoms with E-state index in [9.17, 15) is 0 Å². The largest absolute Gasteiger partial charge is 0.396 e. The molecule has 0 aromatic heterocycles. The number of aliphatic hydroxyl groups is 2. The van der Waals surface area contributed by atoms with Gasteiger partial charge >= 0.3 is 0 Å². The second-order valence-corrected chi connectivity index (χ2v) is 0.801. The molecule has 40 valence electrons. The van der Waals surface area contributed by atoms with Crippen molar-refractivity contribution in [3.05, 3.63) is 0 Å². The third-order valence-electron chi connectivity index (χ3n) is 0.316. The minimum absolute atomic E-state index is 0. The smallest absolute Gasteiger partial charge is 0.0452 e. The molecule has 0 rings (SSSR count). The van der Waals surface area contributed by atoms with Gasteiger partial charge in [-0.15, -0.1) is 0 Å². The summed E-state index contributed by atoms with van der Waals surface area (Å²) in [7, 11) is 0. The maximum absolute atomic E-state index is 7.91. The molecule has 0 heterocycles. The Bertz CT molecular complexity index is 13.0. The van der Waals surface area contributed by atoms with Gasteiger partial charge in [0.2, 0.25) is 0 Å². The average Bonchev–Trinajstić information content (AvgIpc) is 1.41. The Morgan fingerprint density at radius 3 is 1.33 bits per heavy atom. The standard InChI is InChI=1S/C3H8O2.CH4/c4-2-1-3-5;/h4-5H,1-3H2;1H4. The summed E-state index contributed by atoms with van der Waals surface area (Å²) in [5.74, 6) is 0. The molecule has 0 saturated heterocycles. The lowest BCUT2D eigenvalue weighted by Gasteiger charge is -1.79. The first-order chi connectivity index (χ1) is 2.41. The van der Waals surface area contributed by atoms with E-state index < -0.39 is 0 Å². The van der Waals surface area contributed by atoms with Crippen LogP contribution in [0.5, 0.6) is 0 Å². The Morgan fingerprint density at radius 2 is 1.33 bits per heavy atom. The molecule has 0 radical (unpaired) electrons. The molecule has 2 N–H and O–H groups in total.